The highest BCUT2D eigenvalue weighted by atomic mass is 79.9. The summed E-state index contributed by atoms with van der Waals surface area (Å²) < 4.78 is 27.0. The summed E-state index contributed by atoms with van der Waals surface area (Å²) in [7, 11) is -3.88. The van der Waals surface area contributed by atoms with Gasteiger partial charge in [-0.1, -0.05) is 27.5 Å². The van der Waals surface area contributed by atoms with Gasteiger partial charge in [0.2, 0.25) is 0 Å². The summed E-state index contributed by atoms with van der Waals surface area (Å²) in [5.41, 5.74) is -0.346. The Morgan fingerprint density at radius 3 is 2.48 bits per heavy atom. The molecule has 0 spiro atoms. The van der Waals surface area contributed by atoms with Crippen molar-refractivity contribution >= 4 is 54.3 Å². The van der Waals surface area contributed by atoms with Gasteiger partial charge >= 0.3 is 5.69 Å². The van der Waals surface area contributed by atoms with Crippen LogP contribution in [0.4, 0.5) is 5.69 Å². The molecule has 0 saturated carbocycles. The van der Waals surface area contributed by atoms with Gasteiger partial charge in [-0.25, -0.2) is 17.4 Å². The molecule has 0 unspecified atom stereocenters. The van der Waals surface area contributed by atoms with Gasteiger partial charge in [0.05, 0.1) is 9.82 Å². The average Bonchev–Trinajstić information content (AvgIpc) is 2.93. The molecule has 0 aliphatic carbocycles. The van der Waals surface area contributed by atoms with Gasteiger partial charge in [-0.15, -0.1) is 0 Å². The van der Waals surface area contributed by atoms with Crippen molar-refractivity contribution in [2.45, 2.75) is 4.90 Å². The first-order valence-corrected chi connectivity index (χ1v) is 8.74. The SMILES string of the molecule is O=[N+]([O-])c1cnc2c(ccn2S(=O)(=O)c2ccc(Br)cc2)c1Cl. The maximum atomic E-state index is 12.7. The molecule has 23 heavy (non-hydrogen) atoms. The number of benzene rings is 1. The molecule has 7 nitrogen and oxygen atoms in total. The quantitative estimate of drug-likeness (QED) is 0.480. The molecule has 0 aliphatic heterocycles. The summed E-state index contributed by atoms with van der Waals surface area (Å²) in [4.78, 5) is 14.1. The topological polar surface area (TPSA) is 95.1 Å². The molecule has 0 amide bonds. The molecule has 2 heterocycles. The third kappa shape index (κ3) is 2.60. The zero-order valence-corrected chi connectivity index (χ0v) is 14.3. The first kappa shape index (κ1) is 15.9. The summed E-state index contributed by atoms with van der Waals surface area (Å²) in [5.74, 6) is 0. The summed E-state index contributed by atoms with van der Waals surface area (Å²) >= 11 is 9.21. The largest absolute Gasteiger partial charge is 0.306 e. The van der Waals surface area contributed by atoms with Crippen LogP contribution in [0.25, 0.3) is 11.0 Å². The minimum atomic E-state index is -3.88. The van der Waals surface area contributed by atoms with Crippen molar-refractivity contribution in [1.29, 1.82) is 0 Å². The first-order chi connectivity index (χ1) is 10.8. The van der Waals surface area contributed by atoms with Crippen LogP contribution < -0.4 is 0 Å². The van der Waals surface area contributed by atoms with Crippen LogP contribution in [0.15, 0.2) is 52.1 Å². The summed E-state index contributed by atoms with van der Waals surface area (Å²) in [6, 6.07) is 7.47. The van der Waals surface area contributed by atoms with Crippen molar-refractivity contribution in [3.05, 3.63) is 62.3 Å². The van der Waals surface area contributed by atoms with Gasteiger partial charge in [-0.05, 0) is 30.3 Å². The second-order valence-electron chi connectivity index (χ2n) is 4.52. The molecule has 1 aromatic carbocycles. The monoisotopic (exact) mass is 415 g/mol. The molecule has 118 valence electrons. The third-order valence-electron chi connectivity index (χ3n) is 3.16. The normalized spacial score (nSPS) is 11.7. The predicted octanol–water partition coefficient (Wildman–Crippen LogP) is 3.60. The fourth-order valence-corrected chi connectivity index (χ4v) is 3.89. The Labute approximate surface area is 143 Å². The van der Waals surface area contributed by atoms with E-state index in [9.17, 15) is 18.5 Å². The minimum Gasteiger partial charge on any atom is -0.258 e. The second kappa shape index (κ2) is 5.59. The van der Waals surface area contributed by atoms with Gasteiger partial charge in [0, 0.05) is 16.1 Å². The number of nitrogens with zero attached hydrogens (tertiary/aromatic N) is 3. The van der Waals surface area contributed by atoms with Crippen molar-refractivity contribution < 1.29 is 13.3 Å². The van der Waals surface area contributed by atoms with E-state index in [1.165, 1.54) is 24.4 Å². The van der Waals surface area contributed by atoms with Crippen LogP contribution in [0.1, 0.15) is 0 Å². The van der Waals surface area contributed by atoms with E-state index in [1.54, 1.807) is 12.1 Å². The molecule has 10 heteroatoms. The molecule has 0 fully saturated rings. The highest BCUT2D eigenvalue weighted by molar-refractivity contribution is 9.10. The Hall–Kier alpha value is -1.97. The number of pyridine rings is 1. The molecule has 2 aromatic heterocycles. The standard InChI is InChI=1S/C13H7BrClN3O4S/c14-8-1-3-9(4-2-8)23(21,22)17-6-5-10-12(15)11(18(19)20)7-16-13(10)17/h1-7H. The predicted molar refractivity (Wildman–Crippen MR) is 88.1 cm³/mol. The van der Waals surface area contributed by atoms with Crippen molar-refractivity contribution in [3.63, 3.8) is 0 Å². The van der Waals surface area contributed by atoms with Gasteiger partial charge in [-0.3, -0.25) is 10.1 Å². The molecule has 0 N–H and O–H groups in total. The number of nitro groups is 1. The van der Waals surface area contributed by atoms with E-state index in [0.29, 0.717) is 0 Å². The highest BCUT2D eigenvalue weighted by Crippen LogP contribution is 2.32. The molecular weight excluding hydrogens is 410 g/mol. The van der Waals surface area contributed by atoms with Crippen LogP contribution in [0, 0.1) is 10.1 Å². The van der Waals surface area contributed by atoms with Gasteiger partial charge < -0.3 is 0 Å². The summed E-state index contributed by atoms with van der Waals surface area (Å²) in [5, 5.41) is 10.9. The molecule has 0 aliphatic rings. The van der Waals surface area contributed by atoms with Crippen molar-refractivity contribution in [2.75, 3.05) is 0 Å². The maximum Gasteiger partial charge on any atom is 0.306 e. The molecule has 0 radical (unpaired) electrons. The fourth-order valence-electron chi connectivity index (χ4n) is 2.06. The van der Waals surface area contributed by atoms with Crippen LogP contribution in [-0.2, 0) is 10.0 Å². The Morgan fingerprint density at radius 1 is 1.22 bits per heavy atom. The lowest BCUT2D eigenvalue weighted by molar-refractivity contribution is -0.384. The number of hydrogen-bond donors (Lipinski definition) is 0. The molecule has 0 atom stereocenters. The van der Waals surface area contributed by atoms with Crippen LogP contribution in [0.5, 0.6) is 0 Å². The summed E-state index contributed by atoms with van der Waals surface area (Å²) in [6.45, 7) is 0. The lowest BCUT2D eigenvalue weighted by atomic mass is 10.3. The average molecular weight is 417 g/mol. The summed E-state index contributed by atoms with van der Waals surface area (Å²) in [6.07, 6.45) is 2.21. The lowest BCUT2D eigenvalue weighted by Crippen LogP contribution is -2.12. The van der Waals surface area contributed by atoms with Gasteiger partial charge in [0.15, 0.2) is 5.65 Å². The maximum absolute atomic E-state index is 12.7. The highest BCUT2D eigenvalue weighted by Gasteiger charge is 2.24. The van der Waals surface area contributed by atoms with Crippen molar-refractivity contribution in [1.82, 2.24) is 8.96 Å². The van der Waals surface area contributed by atoms with Crippen LogP contribution >= 0.6 is 27.5 Å². The smallest absolute Gasteiger partial charge is 0.258 e. The van der Waals surface area contributed by atoms with E-state index >= 15 is 0 Å². The van der Waals surface area contributed by atoms with E-state index in [-0.39, 0.29) is 26.6 Å². The van der Waals surface area contributed by atoms with E-state index in [2.05, 4.69) is 20.9 Å². The first-order valence-electron chi connectivity index (χ1n) is 6.13. The second-order valence-corrected chi connectivity index (χ2v) is 7.63. The minimum absolute atomic E-state index is 0.0310. The van der Waals surface area contributed by atoms with Gasteiger partial charge in [0.25, 0.3) is 10.0 Å². The molecule has 3 rings (SSSR count). The van der Waals surface area contributed by atoms with E-state index in [4.69, 9.17) is 11.6 Å². The number of rotatable bonds is 3. The van der Waals surface area contributed by atoms with E-state index in [1.807, 2.05) is 0 Å². The van der Waals surface area contributed by atoms with E-state index in [0.717, 1.165) is 14.6 Å². The molecule has 0 bridgehead atoms. The number of aromatic nitrogens is 2. The Balaban J connectivity index is 2.23. The number of halogens is 2. The molecular formula is C13H7BrClN3O4S. The zero-order chi connectivity index (χ0) is 16.8. The third-order valence-corrected chi connectivity index (χ3v) is 5.77. The Bertz CT molecular complexity index is 1030. The molecule has 0 saturated heterocycles. The fraction of sp³-hybridized carbons (Fsp3) is 0. The van der Waals surface area contributed by atoms with Crippen LogP contribution in [-0.4, -0.2) is 22.3 Å². The van der Waals surface area contributed by atoms with Gasteiger partial charge in [-0.2, -0.15) is 0 Å². The number of fused-ring (bicyclic) bond motifs is 1. The van der Waals surface area contributed by atoms with Crippen molar-refractivity contribution in [2.24, 2.45) is 0 Å². The van der Waals surface area contributed by atoms with Gasteiger partial charge in [0.1, 0.15) is 11.2 Å². The van der Waals surface area contributed by atoms with Crippen molar-refractivity contribution in [3.8, 4) is 0 Å². The molecule has 3 aromatic rings. The Morgan fingerprint density at radius 2 is 1.87 bits per heavy atom. The zero-order valence-electron chi connectivity index (χ0n) is 11.2. The van der Waals surface area contributed by atoms with Crippen LogP contribution in [0.3, 0.4) is 0 Å². The number of hydrogen-bond acceptors (Lipinski definition) is 5. The van der Waals surface area contributed by atoms with Crippen LogP contribution in [0.2, 0.25) is 5.02 Å². The Kier molecular flexibility index (Phi) is 3.86. The van der Waals surface area contributed by atoms with E-state index < -0.39 is 14.9 Å². The lowest BCUT2D eigenvalue weighted by Gasteiger charge is -2.07.